The van der Waals surface area contributed by atoms with Gasteiger partial charge in [-0.3, -0.25) is 9.36 Å². The zero-order chi connectivity index (χ0) is 20.8. The summed E-state index contributed by atoms with van der Waals surface area (Å²) in [5.74, 6) is 0.779. The Labute approximate surface area is 170 Å². The lowest BCUT2D eigenvalue weighted by molar-refractivity contribution is 0.650. The van der Waals surface area contributed by atoms with Crippen molar-refractivity contribution in [2.24, 2.45) is 7.05 Å². The maximum absolute atomic E-state index is 12.2. The van der Waals surface area contributed by atoms with E-state index >= 15 is 0 Å². The number of hydrogen-bond donors (Lipinski definition) is 2. The topological polar surface area (TPSA) is 133 Å². The van der Waals surface area contributed by atoms with E-state index in [2.05, 4.69) is 20.2 Å². The second-order valence-electron chi connectivity index (χ2n) is 6.85. The zero-order valence-corrected chi connectivity index (χ0v) is 16.2. The summed E-state index contributed by atoms with van der Waals surface area (Å²) in [6, 6.07) is 11.4. The van der Waals surface area contributed by atoms with Crippen LogP contribution in [0.1, 0.15) is 5.56 Å². The van der Waals surface area contributed by atoms with Gasteiger partial charge in [0.05, 0.1) is 5.69 Å². The number of pyridine rings is 1. The number of nitrogens with zero attached hydrogens (tertiary/aromatic N) is 7. The Hall–Kier alpha value is -4.34. The molecule has 0 aliphatic heterocycles. The van der Waals surface area contributed by atoms with Gasteiger partial charge in [0.25, 0.3) is 5.56 Å². The third kappa shape index (κ3) is 2.82. The summed E-state index contributed by atoms with van der Waals surface area (Å²) in [7, 11) is 1.65. The van der Waals surface area contributed by atoms with Gasteiger partial charge in [0, 0.05) is 25.1 Å². The van der Waals surface area contributed by atoms with Gasteiger partial charge < -0.3 is 5.73 Å². The molecule has 4 aromatic heterocycles. The molecule has 0 radical (unpaired) electrons. The average molecular weight is 399 g/mol. The van der Waals surface area contributed by atoms with E-state index in [-0.39, 0.29) is 17.1 Å². The number of benzene rings is 1. The third-order valence-corrected chi connectivity index (χ3v) is 4.71. The van der Waals surface area contributed by atoms with Gasteiger partial charge in [-0.1, -0.05) is 17.7 Å². The predicted octanol–water partition coefficient (Wildman–Crippen LogP) is 1.86. The van der Waals surface area contributed by atoms with E-state index in [1.54, 1.807) is 25.4 Å². The molecule has 0 saturated carbocycles. The normalized spacial score (nSPS) is 11.3. The molecule has 30 heavy (non-hydrogen) atoms. The number of fused-ring (bicyclic) bond motifs is 1. The summed E-state index contributed by atoms with van der Waals surface area (Å²) < 4.78 is 1.86. The van der Waals surface area contributed by atoms with Crippen molar-refractivity contribution in [2.45, 2.75) is 6.92 Å². The van der Waals surface area contributed by atoms with Crippen LogP contribution in [0.2, 0.25) is 0 Å². The van der Waals surface area contributed by atoms with Crippen LogP contribution < -0.4 is 11.3 Å². The Balaban J connectivity index is 1.83. The van der Waals surface area contributed by atoms with Gasteiger partial charge in [-0.25, -0.2) is 29.8 Å². The highest BCUT2D eigenvalue weighted by atomic mass is 16.1. The van der Waals surface area contributed by atoms with Crippen molar-refractivity contribution in [1.29, 1.82) is 0 Å². The maximum Gasteiger partial charge on any atom is 0.293 e. The number of aromatic amines is 1. The molecule has 0 spiro atoms. The van der Waals surface area contributed by atoms with Crippen LogP contribution in [0.5, 0.6) is 0 Å². The van der Waals surface area contributed by atoms with E-state index in [0.29, 0.717) is 28.4 Å². The quantitative estimate of drug-likeness (QED) is 0.473. The molecule has 0 aliphatic carbocycles. The predicted molar refractivity (Wildman–Crippen MR) is 112 cm³/mol. The number of aromatic nitrogens is 8. The van der Waals surface area contributed by atoms with Crippen molar-refractivity contribution < 1.29 is 0 Å². The zero-order valence-electron chi connectivity index (χ0n) is 16.2. The summed E-state index contributed by atoms with van der Waals surface area (Å²) in [6.07, 6.45) is 3.10. The van der Waals surface area contributed by atoms with Crippen LogP contribution in [-0.4, -0.2) is 39.5 Å². The van der Waals surface area contributed by atoms with E-state index in [1.807, 2.05) is 35.8 Å². The monoisotopic (exact) mass is 399 g/mol. The number of rotatable bonds is 3. The molecule has 5 rings (SSSR count). The van der Waals surface area contributed by atoms with Crippen LogP contribution >= 0.6 is 0 Å². The highest BCUT2D eigenvalue weighted by molar-refractivity contribution is 5.83. The number of nitrogens with two attached hydrogens (primary N) is 1. The Bertz CT molecular complexity index is 1440. The van der Waals surface area contributed by atoms with Gasteiger partial charge in [-0.2, -0.15) is 0 Å². The third-order valence-electron chi connectivity index (χ3n) is 4.71. The van der Waals surface area contributed by atoms with Crippen LogP contribution in [0.25, 0.3) is 39.8 Å². The summed E-state index contributed by atoms with van der Waals surface area (Å²) >= 11 is 0. The Morgan fingerprint density at radius 3 is 2.43 bits per heavy atom. The minimum absolute atomic E-state index is 0.233. The maximum atomic E-state index is 12.2. The van der Waals surface area contributed by atoms with Crippen LogP contribution in [-0.2, 0) is 7.05 Å². The van der Waals surface area contributed by atoms with Crippen molar-refractivity contribution in [2.75, 3.05) is 5.73 Å². The fourth-order valence-electron chi connectivity index (χ4n) is 3.30. The molecule has 148 valence electrons. The SMILES string of the molecule is Cc1ccc(-n2c(-c3nccnc3N)nc3ccc(-c4nn(C)[nH]c4=O)nc32)cc1. The number of anilines is 1. The number of hydrogen-bond acceptors (Lipinski definition) is 7. The van der Waals surface area contributed by atoms with Gasteiger partial charge in [-0.05, 0) is 31.2 Å². The number of imidazole rings is 1. The van der Waals surface area contributed by atoms with Crippen molar-refractivity contribution in [1.82, 2.24) is 39.5 Å². The van der Waals surface area contributed by atoms with E-state index in [0.717, 1.165) is 11.3 Å². The van der Waals surface area contributed by atoms with Crippen LogP contribution in [0, 0.1) is 6.92 Å². The lowest BCUT2D eigenvalue weighted by Gasteiger charge is -2.10. The molecule has 0 unspecified atom stereocenters. The van der Waals surface area contributed by atoms with Crippen molar-refractivity contribution >= 4 is 17.0 Å². The van der Waals surface area contributed by atoms with E-state index in [1.165, 1.54) is 11.0 Å². The fourth-order valence-corrected chi connectivity index (χ4v) is 3.30. The molecule has 0 fully saturated rings. The average Bonchev–Trinajstić information content (AvgIpc) is 3.27. The van der Waals surface area contributed by atoms with E-state index in [4.69, 9.17) is 15.7 Å². The fraction of sp³-hybridized carbons (Fsp3) is 0.100. The molecule has 5 aromatic rings. The van der Waals surface area contributed by atoms with Crippen molar-refractivity contribution in [3.8, 4) is 28.6 Å². The van der Waals surface area contributed by atoms with Crippen molar-refractivity contribution in [3.05, 3.63) is 64.7 Å². The Morgan fingerprint density at radius 2 is 1.73 bits per heavy atom. The van der Waals surface area contributed by atoms with Gasteiger partial charge in [0.1, 0.15) is 11.2 Å². The molecule has 0 bridgehead atoms. The lowest BCUT2D eigenvalue weighted by atomic mass is 10.2. The van der Waals surface area contributed by atoms with Crippen LogP contribution in [0.4, 0.5) is 5.82 Å². The summed E-state index contributed by atoms with van der Waals surface area (Å²) in [6.45, 7) is 2.01. The van der Waals surface area contributed by atoms with Gasteiger partial charge in [0.2, 0.25) is 0 Å². The van der Waals surface area contributed by atoms with Gasteiger partial charge in [-0.15, -0.1) is 5.10 Å². The first-order chi connectivity index (χ1) is 14.5. The molecule has 0 atom stereocenters. The second kappa shape index (κ2) is 6.62. The second-order valence-corrected chi connectivity index (χ2v) is 6.85. The van der Waals surface area contributed by atoms with E-state index < -0.39 is 0 Å². The largest absolute Gasteiger partial charge is 0.382 e. The summed E-state index contributed by atoms with van der Waals surface area (Å²) in [5.41, 5.74) is 10.0. The molecular weight excluding hydrogens is 382 g/mol. The molecule has 4 heterocycles. The molecule has 10 heteroatoms. The Kier molecular flexibility index (Phi) is 3.91. The first kappa shape index (κ1) is 17.7. The standard InChI is InChI=1S/C20H17N9O/c1-11-3-5-12(6-4-11)29-18-14(25-19(29)16-17(21)23-10-9-22-16)8-7-13(24-18)15-20(30)27-28(2)26-15/h3-10H,1-2H3,(H2,21,23)(H,27,30). The molecule has 1 aromatic carbocycles. The van der Waals surface area contributed by atoms with Gasteiger partial charge >= 0.3 is 0 Å². The lowest BCUT2D eigenvalue weighted by Crippen LogP contribution is -2.06. The Morgan fingerprint density at radius 1 is 0.967 bits per heavy atom. The number of H-pyrrole nitrogens is 1. The molecule has 0 aliphatic rings. The minimum Gasteiger partial charge on any atom is -0.382 e. The minimum atomic E-state index is -0.316. The van der Waals surface area contributed by atoms with E-state index in [9.17, 15) is 4.79 Å². The number of aryl methyl sites for hydroxylation is 2. The summed E-state index contributed by atoms with van der Waals surface area (Å²) in [4.78, 5) is 31.5. The first-order valence-electron chi connectivity index (χ1n) is 9.18. The van der Waals surface area contributed by atoms with Crippen molar-refractivity contribution in [3.63, 3.8) is 0 Å². The van der Waals surface area contributed by atoms with Crippen LogP contribution in [0.3, 0.4) is 0 Å². The highest BCUT2D eigenvalue weighted by Crippen LogP contribution is 2.29. The molecule has 0 saturated heterocycles. The van der Waals surface area contributed by atoms with Gasteiger partial charge in [0.15, 0.2) is 23.0 Å². The molecule has 3 N–H and O–H groups in total. The number of nitrogens with one attached hydrogen (secondary N) is 1. The summed E-state index contributed by atoms with van der Waals surface area (Å²) in [5, 5.41) is 6.79. The molecular formula is C20H17N9O. The van der Waals surface area contributed by atoms with Crippen LogP contribution in [0.15, 0.2) is 53.6 Å². The smallest absolute Gasteiger partial charge is 0.293 e. The molecule has 10 nitrogen and oxygen atoms in total. The molecule has 0 amide bonds. The number of nitrogen functional groups attached to an aromatic ring is 1. The first-order valence-corrected chi connectivity index (χ1v) is 9.18. The highest BCUT2D eigenvalue weighted by Gasteiger charge is 2.20.